The number of carbonyl (C=O) groups is 1. The molecule has 4 nitrogen and oxygen atoms in total. The Morgan fingerprint density at radius 1 is 1.00 bits per heavy atom. The molecule has 0 radical (unpaired) electrons. The summed E-state index contributed by atoms with van der Waals surface area (Å²) in [6.07, 6.45) is 6.37. The lowest BCUT2D eigenvalue weighted by atomic mass is 9.86. The molecule has 0 spiro atoms. The first-order chi connectivity index (χ1) is 12.4. The van der Waals surface area contributed by atoms with Crippen molar-refractivity contribution in [2.24, 2.45) is 0 Å². The van der Waals surface area contributed by atoms with E-state index in [1.165, 1.54) is 18.4 Å². The zero-order chi connectivity index (χ0) is 18.6. The number of para-hydroxylation sites is 1. The predicted molar refractivity (Wildman–Crippen MR) is 107 cm³/mol. The van der Waals surface area contributed by atoms with Crippen LogP contribution in [0.3, 0.4) is 0 Å². The Morgan fingerprint density at radius 2 is 1.69 bits per heavy atom. The molecule has 26 heavy (non-hydrogen) atoms. The van der Waals surface area contributed by atoms with Crippen molar-refractivity contribution in [2.45, 2.75) is 51.9 Å². The van der Waals surface area contributed by atoms with Gasteiger partial charge in [0, 0.05) is 18.8 Å². The van der Waals surface area contributed by atoms with Crippen molar-refractivity contribution < 1.29 is 4.79 Å². The third-order valence-corrected chi connectivity index (χ3v) is 4.89. The molecule has 2 heterocycles. The normalized spacial score (nSPS) is 15.4. The van der Waals surface area contributed by atoms with Gasteiger partial charge in [0.25, 0.3) is 5.91 Å². The first-order valence-corrected chi connectivity index (χ1v) is 9.57. The van der Waals surface area contributed by atoms with Crippen molar-refractivity contribution in [3.63, 3.8) is 0 Å². The minimum Gasteiger partial charge on any atom is -0.354 e. The molecule has 2 aromatic rings. The number of nitrogens with zero attached hydrogens (tertiary/aromatic N) is 2. The van der Waals surface area contributed by atoms with Gasteiger partial charge in [0.2, 0.25) is 0 Å². The fraction of sp³-hybridized carbons (Fsp3) is 0.455. The van der Waals surface area contributed by atoms with Crippen molar-refractivity contribution in [2.75, 3.05) is 18.4 Å². The standard InChI is InChI=1S/C22H29N3O/c1-22(2,3)18-10-6-7-11-19(18)24-17-12-13-20(23-16-17)21(26)25-14-8-4-5-9-15-25/h6-7,10-13,16,24H,4-5,8-9,14-15H2,1-3H3. The number of aromatic nitrogens is 1. The average molecular weight is 351 g/mol. The third kappa shape index (κ3) is 4.43. The van der Waals surface area contributed by atoms with Crippen LogP contribution in [0.2, 0.25) is 0 Å². The lowest BCUT2D eigenvalue weighted by molar-refractivity contribution is 0.0756. The lowest BCUT2D eigenvalue weighted by Crippen LogP contribution is -2.32. The Hall–Kier alpha value is -2.36. The van der Waals surface area contributed by atoms with Crippen LogP contribution >= 0.6 is 0 Å². The second-order valence-corrected chi connectivity index (χ2v) is 8.06. The smallest absolute Gasteiger partial charge is 0.272 e. The van der Waals surface area contributed by atoms with E-state index in [1.807, 2.05) is 23.1 Å². The van der Waals surface area contributed by atoms with Crippen LogP contribution in [-0.4, -0.2) is 28.9 Å². The van der Waals surface area contributed by atoms with Gasteiger partial charge in [-0.3, -0.25) is 4.79 Å². The number of hydrogen-bond acceptors (Lipinski definition) is 3. The molecule has 1 aliphatic rings. The van der Waals surface area contributed by atoms with Crippen LogP contribution in [0.4, 0.5) is 11.4 Å². The van der Waals surface area contributed by atoms with Gasteiger partial charge in [0.1, 0.15) is 5.69 Å². The highest BCUT2D eigenvalue weighted by atomic mass is 16.2. The minimum atomic E-state index is 0.0496. The monoisotopic (exact) mass is 351 g/mol. The van der Waals surface area contributed by atoms with Gasteiger partial charge < -0.3 is 10.2 Å². The van der Waals surface area contributed by atoms with Crippen molar-refractivity contribution in [1.82, 2.24) is 9.88 Å². The summed E-state index contributed by atoms with van der Waals surface area (Å²) in [6, 6.07) is 12.1. The molecule has 3 rings (SSSR count). The molecular formula is C22H29N3O. The van der Waals surface area contributed by atoms with Gasteiger partial charge in [-0.15, -0.1) is 0 Å². The predicted octanol–water partition coefficient (Wildman–Crippen LogP) is 5.14. The number of nitrogens with one attached hydrogen (secondary N) is 1. The zero-order valence-corrected chi connectivity index (χ0v) is 16.1. The average Bonchev–Trinajstić information content (AvgIpc) is 2.91. The highest BCUT2D eigenvalue weighted by Crippen LogP contribution is 2.31. The summed E-state index contributed by atoms with van der Waals surface area (Å²) in [5.41, 5.74) is 3.81. The molecule has 0 unspecified atom stereocenters. The Kier molecular flexibility index (Phi) is 5.60. The van der Waals surface area contributed by atoms with Crippen LogP contribution in [0.15, 0.2) is 42.6 Å². The fourth-order valence-electron chi connectivity index (χ4n) is 3.43. The molecule has 0 saturated carbocycles. The summed E-state index contributed by atoms with van der Waals surface area (Å²) >= 11 is 0. The number of carbonyl (C=O) groups excluding carboxylic acids is 1. The van der Waals surface area contributed by atoms with E-state index < -0.39 is 0 Å². The van der Waals surface area contributed by atoms with Crippen LogP contribution in [-0.2, 0) is 5.41 Å². The largest absolute Gasteiger partial charge is 0.354 e. The number of amides is 1. The fourth-order valence-corrected chi connectivity index (χ4v) is 3.43. The summed E-state index contributed by atoms with van der Waals surface area (Å²) < 4.78 is 0. The summed E-state index contributed by atoms with van der Waals surface area (Å²) in [7, 11) is 0. The van der Waals surface area contributed by atoms with Crippen LogP contribution in [0, 0.1) is 0 Å². The van der Waals surface area contributed by atoms with Gasteiger partial charge in [0.05, 0.1) is 11.9 Å². The second kappa shape index (κ2) is 7.90. The van der Waals surface area contributed by atoms with E-state index in [0.29, 0.717) is 5.69 Å². The van der Waals surface area contributed by atoms with E-state index in [1.54, 1.807) is 6.20 Å². The van der Waals surface area contributed by atoms with Gasteiger partial charge in [-0.2, -0.15) is 0 Å². The second-order valence-electron chi connectivity index (χ2n) is 8.06. The number of pyridine rings is 1. The van der Waals surface area contributed by atoms with E-state index in [9.17, 15) is 4.79 Å². The van der Waals surface area contributed by atoms with E-state index in [0.717, 1.165) is 37.3 Å². The van der Waals surface area contributed by atoms with E-state index in [4.69, 9.17) is 0 Å². The SMILES string of the molecule is CC(C)(C)c1ccccc1Nc1ccc(C(=O)N2CCCCCC2)nc1. The van der Waals surface area contributed by atoms with Crippen LogP contribution in [0.5, 0.6) is 0 Å². The molecule has 4 heteroatoms. The molecule has 0 bridgehead atoms. The first kappa shape index (κ1) is 18.4. The Bertz CT molecular complexity index is 739. The number of benzene rings is 1. The van der Waals surface area contributed by atoms with Gasteiger partial charge in [-0.25, -0.2) is 4.98 Å². The highest BCUT2D eigenvalue weighted by molar-refractivity contribution is 5.92. The summed E-state index contributed by atoms with van der Waals surface area (Å²) in [5.74, 6) is 0.0496. The summed E-state index contributed by atoms with van der Waals surface area (Å²) in [4.78, 5) is 19.0. The lowest BCUT2D eigenvalue weighted by Gasteiger charge is -2.23. The molecule has 0 atom stereocenters. The number of rotatable bonds is 3. The molecule has 1 aromatic carbocycles. The van der Waals surface area contributed by atoms with Crippen LogP contribution in [0.25, 0.3) is 0 Å². The molecule has 138 valence electrons. The van der Waals surface area contributed by atoms with Crippen molar-refractivity contribution in [3.05, 3.63) is 53.9 Å². The van der Waals surface area contributed by atoms with Gasteiger partial charge in [-0.1, -0.05) is 51.8 Å². The Balaban J connectivity index is 1.73. The molecule has 1 amide bonds. The van der Waals surface area contributed by atoms with Crippen molar-refractivity contribution in [3.8, 4) is 0 Å². The third-order valence-electron chi connectivity index (χ3n) is 4.89. The highest BCUT2D eigenvalue weighted by Gasteiger charge is 2.19. The summed E-state index contributed by atoms with van der Waals surface area (Å²) in [5, 5.41) is 3.45. The maximum Gasteiger partial charge on any atom is 0.272 e. The Labute approximate surface area is 156 Å². The number of likely N-dealkylation sites (tertiary alicyclic amines) is 1. The van der Waals surface area contributed by atoms with Gasteiger partial charge in [-0.05, 0) is 42.0 Å². The number of anilines is 2. The van der Waals surface area contributed by atoms with Gasteiger partial charge >= 0.3 is 0 Å². The summed E-state index contributed by atoms with van der Waals surface area (Å²) in [6.45, 7) is 8.30. The molecule has 1 saturated heterocycles. The van der Waals surface area contributed by atoms with Gasteiger partial charge in [0.15, 0.2) is 0 Å². The number of hydrogen-bond donors (Lipinski definition) is 1. The molecular weight excluding hydrogens is 322 g/mol. The van der Waals surface area contributed by atoms with Crippen molar-refractivity contribution in [1.29, 1.82) is 0 Å². The molecule has 0 aliphatic carbocycles. The van der Waals surface area contributed by atoms with Crippen LogP contribution < -0.4 is 5.32 Å². The van der Waals surface area contributed by atoms with E-state index in [2.05, 4.69) is 49.3 Å². The molecule has 1 N–H and O–H groups in total. The van der Waals surface area contributed by atoms with Crippen molar-refractivity contribution >= 4 is 17.3 Å². The molecule has 1 aliphatic heterocycles. The zero-order valence-electron chi connectivity index (χ0n) is 16.1. The first-order valence-electron chi connectivity index (χ1n) is 9.57. The molecule has 1 aromatic heterocycles. The quantitative estimate of drug-likeness (QED) is 0.833. The molecule has 1 fully saturated rings. The maximum atomic E-state index is 12.7. The van der Waals surface area contributed by atoms with Crippen LogP contribution in [0.1, 0.15) is 62.5 Å². The topological polar surface area (TPSA) is 45.2 Å². The van der Waals surface area contributed by atoms with E-state index >= 15 is 0 Å². The maximum absolute atomic E-state index is 12.7. The minimum absolute atomic E-state index is 0.0496. The Morgan fingerprint density at radius 3 is 2.31 bits per heavy atom. The van der Waals surface area contributed by atoms with E-state index in [-0.39, 0.29) is 11.3 Å².